The van der Waals surface area contributed by atoms with Gasteiger partial charge in [-0.25, -0.2) is 9.97 Å². The van der Waals surface area contributed by atoms with Crippen LogP contribution in [0, 0.1) is 0 Å². The second-order valence-corrected chi connectivity index (χ2v) is 11.2. The van der Waals surface area contributed by atoms with Crippen LogP contribution in [0.5, 0.6) is 5.75 Å². The maximum Gasteiger partial charge on any atom is 0.281 e. The van der Waals surface area contributed by atoms with Crippen molar-refractivity contribution in [1.82, 2.24) is 33.4 Å². The first-order valence-corrected chi connectivity index (χ1v) is 13.3. The monoisotopic (exact) mass is 548 g/mol. The van der Waals surface area contributed by atoms with Gasteiger partial charge in [0.05, 0.1) is 13.2 Å². The molecule has 12 nitrogen and oxygen atoms in total. The Balaban J connectivity index is 1.56. The second kappa shape index (κ2) is 11.4. The summed E-state index contributed by atoms with van der Waals surface area (Å²) in [6.07, 6.45) is 4.90. The zero-order valence-corrected chi connectivity index (χ0v) is 22.4. The zero-order chi connectivity index (χ0) is 26.6. The number of imidazole rings is 1. The third-order valence-electron chi connectivity index (χ3n) is 5.98. The van der Waals surface area contributed by atoms with Crippen LogP contribution < -0.4 is 15.0 Å². The molecular formula is C23H29ClN8O4S. The lowest BCUT2D eigenvalue weighted by Crippen LogP contribution is -2.58. The molecule has 1 atom stereocenters. The normalized spacial score (nSPS) is 16.7. The van der Waals surface area contributed by atoms with E-state index >= 15 is 0 Å². The number of ether oxygens (including phenoxy) is 1. The van der Waals surface area contributed by atoms with Crippen molar-refractivity contribution < 1.29 is 17.9 Å². The van der Waals surface area contributed by atoms with Gasteiger partial charge in [0.1, 0.15) is 23.0 Å². The van der Waals surface area contributed by atoms with E-state index in [-0.39, 0.29) is 30.6 Å². The Morgan fingerprint density at radius 1 is 1.24 bits per heavy atom. The summed E-state index contributed by atoms with van der Waals surface area (Å²) >= 11 is 6.31. The van der Waals surface area contributed by atoms with Gasteiger partial charge < -0.3 is 15.0 Å². The highest BCUT2D eigenvalue weighted by Crippen LogP contribution is 2.25. The van der Waals surface area contributed by atoms with Crippen molar-refractivity contribution in [1.29, 1.82) is 0 Å². The second-order valence-electron chi connectivity index (χ2n) is 8.65. The van der Waals surface area contributed by atoms with Crippen LogP contribution in [0.2, 0.25) is 5.15 Å². The van der Waals surface area contributed by atoms with E-state index in [2.05, 4.69) is 20.3 Å². The van der Waals surface area contributed by atoms with Gasteiger partial charge in [-0.1, -0.05) is 23.7 Å². The fourth-order valence-corrected chi connectivity index (χ4v) is 5.35. The van der Waals surface area contributed by atoms with Crippen molar-refractivity contribution in [3.05, 3.63) is 59.8 Å². The van der Waals surface area contributed by atoms with Crippen LogP contribution in [-0.2, 0) is 21.5 Å². The third-order valence-corrected chi connectivity index (χ3v) is 8.08. The number of carbonyl (C=O) groups excluding carboxylic acids is 1. The number of hydrogen-bond donors (Lipinski definition) is 1. The smallest absolute Gasteiger partial charge is 0.281 e. The van der Waals surface area contributed by atoms with E-state index in [9.17, 15) is 13.2 Å². The maximum atomic E-state index is 13.0. The molecular weight excluding hydrogens is 520 g/mol. The first-order valence-electron chi connectivity index (χ1n) is 11.5. The van der Waals surface area contributed by atoms with Crippen molar-refractivity contribution in [2.45, 2.75) is 19.0 Å². The third kappa shape index (κ3) is 6.36. The highest BCUT2D eigenvalue weighted by atomic mass is 35.5. The molecule has 14 heteroatoms. The topological polar surface area (TPSA) is 126 Å². The molecule has 0 spiro atoms. The molecule has 1 aliphatic heterocycles. The van der Waals surface area contributed by atoms with E-state index in [0.717, 1.165) is 5.56 Å². The van der Waals surface area contributed by atoms with Gasteiger partial charge in [-0.3, -0.25) is 9.36 Å². The van der Waals surface area contributed by atoms with Crippen LogP contribution in [0.3, 0.4) is 0 Å². The lowest BCUT2D eigenvalue weighted by Gasteiger charge is -2.41. The molecule has 1 unspecified atom stereocenters. The minimum Gasteiger partial charge on any atom is -0.497 e. The number of carbonyl (C=O) groups is 1. The number of hydrogen-bond acceptors (Lipinski definition) is 8. The highest BCUT2D eigenvalue weighted by Gasteiger charge is 2.36. The number of halogens is 1. The van der Waals surface area contributed by atoms with Crippen LogP contribution in [0.1, 0.15) is 12.0 Å². The molecule has 0 radical (unpaired) electrons. The summed E-state index contributed by atoms with van der Waals surface area (Å²) in [5.41, 5.74) is 0.887. The average Bonchev–Trinajstić information content (AvgIpc) is 3.42. The quantitative estimate of drug-likeness (QED) is 0.397. The first kappa shape index (κ1) is 26.8. The number of piperazine rings is 1. The summed E-state index contributed by atoms with van der Waals surface area (Å²) in [6, 6.07) is 8.54. The van der Waals surface area contributed by atoms with Crippen molar-refractivity contribution in [3.8, 4) is 11.7 Å². The van der Waals surface area contributed by atoms with Crippen molar-refractivity contribution in [2.24, 2.45) is 0 Å². The molecule has 0 saturated carbocycles. The largest absolute Gasteiger partial charge is 0.497 e. The molecule has 4 rings (SSSR count). The molecule has 2 aromatic heterocycles. The Labute approximate surface area is 221 Å². The summed E-state index contributed by atoms with van der Waals surface area (Å²) < 4.78 is 35.1. The van der Waals surface area contributed by atoms with Gasteiger partial charge in [0, 0.05) is 65.2 Å². The van der Waals surface area contributed by atoms with Gasteiger partial charge in [-0.05, 0) is 17.7 Å². The average molecular weight is 549 g/mol. The van der Waals surface area contributed by atoms with E-state index in [1.165, 1.54) is 22.7 Å². The van der Waals surface area contributed by atoms with Crippen molar-refractivity contribution in [3.63, 3.8) is 0 Å². The Morgan fingerprint density at radius 3 is 2.76 bits per heavy atom. The Kier molecular flexibility index (Phi) is 8.27. The number of nitrogens with one attached hydrogen (secondary N) is 1. The highest BCUT2D eigenvalue weighted by molar-refractivity contribution is 7.86. The molecule has 0 aliphatic carbocycles. The molecule has 1 fully saturated rings. The summed E-state index contributed by atoms with van der Waals surface area (Å²) in [4.78, 5) is 27.8. The zero-order valence-electron chi connectivity index (χ0n) is 20.8. The van der Waals surface area contributed by atoms with Crippen LogP contribution in [0.15, 0.2) is 49.1 Å². The first-order chi connectivity index (χ1) is 17.7. The molecule has 3 heterocycles. The summed E-state index contributed by atoms with van der Waals surface area (Å²) in [5, 5.41) is 3.14. The van der Waals surface area contributed by atoms with E-state index < -0.39 is 16.3 Å². The van der Waals surface area contributed by atoms with E-state index in [0.29, 0.717) is 30.6 Å². The van der Waals surface area contributed by atoms with Crippen LogP contribution >= 0.6 is 11.6 Å². The molecule has 1 amide bonds. The number of anilines is 1. The summed E-state index contributed by atoms with van der Waals surface area (Å²) in [6.45, 7) is 0.962. The van der Waals surface area contributed by atoms with Crippen molar-refractivity contribution >= 4 is 33.5 Å². The van der Waals surface area contributed by atoms with Gasteiger partial charge in [-0.15, -0.1) is 0 Å². The Hall–Kier alpha value is -3.26. The molecule has 3 aromatic rings. The van der Waals surface area contributed by atoms with Crippen LogP contribution in [0.4, 0.5) is 5.82 Å². The van der Waals surface area contributed by atoms with E-state index in [4.69, 9.17) is 16.3 Å². The molecule has 37 heavy (non-hydrogen) atoms. The lowest BCUT2D eigenvalue weighted by atomic mass is 10.1. The minimum atomic E-state index is -3.67. The Morgan fingerprint density at radius 2 is 2.05 bits per heavy atom. The van der Waals surface area contributed by atoms with Crippen molar-refractivity contribution in [2.75, 3.05) is 45.7 Å². The summed E-state index contributed by atoms with van der Waals surface area (Å²) in [5.74, 6) is 1.29. The SMILES string of the molecule is COc1cccc(CNC(=O)CC2CN(S(=O)(=O)N(C)C)CCN2c2cc(Cl)nc(-n3ccnc3)n2)c1. The van der Waals surface area contributed by atoms with Gasteiger partial charge in [-0.2, -0.15) is 22.0 Å². The fraction of sp³-hybridized carbons (Fsp3) is 0.391. The van der Waals surface area contributed by atoms with E-state index in [1.54, 1.807) is 36.5 Å². The maximum absolute atomic E-state index is 13.0. The van der Waals surface area contributed by atoms with Gasteiger partial charge in [0.15, 0.2) is 0 Å². The van der Waals surface area contributed by atoms with Crippen LogP contribution in [0.25, 0.3) is 5.95 Å². The molecule has 0 bridgehead atoms. The van der Waals surface area contributed by atoms with E-state index in [1.807, 2.05) is 29.2 Å². The number of aromatic nitrogens is 4. The predicted octanol–water partition coefficient (Wildman–Crippen LogP) is 1.33. The summed E-state index contributed by atoms with van der Waals surface area (Å²) in [7, 11) is 0.889. The number of rotatable bonds is 9. The van der Waals surface area contributed by atoms with Crippen LogP contribution in [-0.4, -0.2) is 89.3 Å². The standard InChI is InChI=1S/C23H29ClN8O4S/c1-29(2)37(34,35)31-9-10-32(21-13-20(24)27-23(28-21)30-8-7-25-16-30)18(15-31)12-22(33)26-14-17-5-4-6-19(11-17)36-3/h4-8,11,13,16,18H,9-10,12,14-15H2,1-3H3,(H,26,33). The number of nitrogens with zero attached hydrogens (tertiary/aromatic N) is 7. The fourth-order valence-electron chi connectivity index (χ4n) is 4.05. The van der Waals surface area contributed by atoms with Gasteiger partial charge in [0.25, 0.3) is 10.2 Å². The molecule has 1 saturated heterocycles. The lowest BCUT2D eigenvalue weighted by molar-refractivity contribution is -0.121. The molecule has 1 aliphatic rings. The number of methoxy groups -OCH3 is 1. The number of amides is 1. The van der Waals surface area contributed by atoms with Gasteiger partial charge in [0.2, 0.25) is 11.9 Å². The minimum absolute atomic E-state index is 0.0471. The Bertz CT molecular complexity index is 1340. The molecule has 1 N–H and O–H groups in total. The predicted molar refractivity (Wildman–Crippen MR) is 139 cm³/mol. The number of benzene rings is 1. The molecule has 1 aromatic carbocycles. The van der Waals surface area contributed by atoms with Gasteiger partial charge >= 0.3 is 0 Å². The molecule has 198 valence electrons.